The molecule has 0 bridgehead atoms. The van der Waals surface area contributed by atoms with Gasteiger partial charge in [-0.25, -0.2) is 19.6 Å². The van der Waals surface area contributed by atoms with E-state index >= 15 is 0 Å². The normalized spacial score (nSPS) is 10.8. The first-order valence-electron chi connectivity index (χ1n) is 15.9. The van der Waals surface area contributed by atoms with Crippen LogP contribution in [0.15, 0.2) is 60.8 Å². The van der Waals surface area contributed by atoms with Gasteiger partial charge >= 0.3 is 18.2 Å². The largest absolute Gasteiger partial charge is 0.466 e. The smallest absolute Gasteiger partial charge is 0.420 e. The molecule has 12 heteroatoms. The highest BCUT2D eigenvalue weighted by Gasteiger charge is 2.22. The maximum absolute atomic E-state index is 13.3. The predicted octanol–water partition coefficient (Wildman–Crippen LogP) is 6.64. The number of amides is 2. The molecule has 0 saturated carbocycles. The van der Waals surface area contributed by atoms with Crippen LogP contribution in [0.5, 0.6) is 5.75 Å². The van der Waals surface area contributed by atoms with Gasteiger partial charge in [0.25, 0.3) is 0 Å². The number of nitrogens with one attached hydrogen (secondary N) is 3. The molecule has 0 radical (unpaired) electrons. The minimum atomic E-state index is -0.669. The summed E-state index contributed by atoms with van der Waals surface area (Å²) < 4.78 is 16.0. The number of fused-ring (bicyclic) bond motifs is 1. The number of pyridine rings is 1. The second-order valence-corrected chi connectivity index (χ2v) is 10.9. The van der Waals surface area contributed by atoms with Gasteiger partial charge in [0, 0.05) is 30.3 Å². The zero-order chi connectivity index (χ0) is 33.6. The van der Waals surface area contributed by atoms with Crippen molar-refractivity contribution in [2.45, 2.75) is 65.7 Å². The Labute approximate surface area is 274 Å². The highest BCUT2D eigenvalue weighted by atomic mass is 16.6. The van der Waals surface area contributed by atoms with Crippen molar-refractivity contribution in [3.05, 3.63) is 83.3 Å². The molecule has 12 nitrogen and oxygen atoms in total. The summed E-state index contributed by atoms with van der Waals surface area (Å²) in [5.74, 6) is 1.06. The van der Waals surface area contributed by atoms with Crippen molar-refractivity contribution in [2.24, 2.45) is 0 Å². The maximum Gasteiger partial charge on any atom is 0.420 e. The number of H-pyrrole nitrogens is 1. The average Bonchev–Trinajstić information content (AvgIpc) is 3.50. The number of ether oxygens (including phenoxy) is 3. The van der Waals surface area contributed by atoms with E-state index in [0.717, 1.165) is 42.6 Å². The molecule has 0 atom stereocenters. The Bertz CT molecular complexity index is 1650. The number of aromatic nitrogens is 3. The van der Waals surface area contributed by atoms with Crippen LogP contribution in [-0.4, -0.2) is 58.7 Å². The summed E-state index contributed by atoms with van der Waals surface area (Å²) in [5.41, 5.74) is 3.83. The van der Waals surface area contributed by atoms with Crippen LogP contribution in [0, 0.1) is 12.3 Å². The fourth-order valence-corrected chi connectivity index (χ4v) is 4.88. The van der Waals surface area contributed by atoms with Gasteiger partial charge in [-0.1, -0.05) is 56.5 Å². The number of aryl methyl sites for hydroxylation is 3. The molecule has 0 saturated heterocycles. The average molecular weight is 643 g/mol. The number of aromatic amines is 1. The maximum atomic E-state index is 13.3. The van der Waals surface area contributed by atoms with Crippen molar-refractivity contribution < 1.29 is 28.6 Å². The summed E-state index contributed by atoms with van der Waals surface area (Å²) >= 11 is 0. The third-order valence-corrected chi connectivity index (χ3v) is 7.45. The SMILES string of the molecule is CCCCCCOC(=O)NC(=N)c1ccc(CCc2nc3c(C)c(OC(=O)N(CCC(=O)OCC)c4ccccn4)ccc3[nH]2)cc1. The number of hydrogen-bond donors (Lipinski definition) is 3. The van der Waals surface area contributed by atoms with Gasteiger partial charge in [-0.2, -0.15) is 0 Å². The first-order valence-corrected chi connectivity index (χ1v) is 15.9. The van der Waals surface area contributed by atoms with Crippen LogP contribution in [-0.2, 0) is 27.1 Å². The summed E-state index contributed by atoms with van der Waals surface area (Å²) in [4.78, 5) is 50.9. The lowest BCUT2D eigenvalue weighted by Gasteiger charge is -2.21. The Morgan fingerprint density at radius 2 is 1.77 bits per heavy atom. The molecule has 0 aliphatic rings. The van der Waals surface area contributed by atoms with Gasteiger partial charge in [0.15, 0.2) is 0 Å². The fourth-order valence-electron chi connectivity index (χ4n) is 4.88. The second-order valence-electron chi connectivity index (χ2n) is 10.9. The Balaban J connectivity index is 1.34. The summed E-state index contributed by atoms with van der Waals surface area (Å²) in [6, 6.07) is 16.1. The van der Waals surface area contributed by atoms with Gasteiger partial charge in [-0.3, -0.25) is 20.4 Å². The molecule has 0 aliphatic heterocycles. The monoisotopic (exact) mass is 642 g/mol. The first-order chi connectivity index (χ1) is 22.8. The van der Waals surface area contributed by atoms with Crippen molar-refractivity contribution in [1.82, 2.24) is 20.3 Å². The zero-order valence-electron chi connectivity index (χ0n) is 27.1. The second kappa shape index (κ2) is 17.4. The molecule has 3 N–H and O–H groups in total. The van der Waals surface area contributed by atoms with Crippen LogP contribution in [0.25, 0.3) is 11.0 Å². The number of alkyl carbamates (subject to hydrolysis) is 1. The van der Waals surface area contributed by atoms with Crippen LogP contribution in [0.4, 0.5) is 15.4 Å². The highest BCUT2D eigenvalue weighted by molar-refractivity contribution is 6.04. The van der Waals surface area contributed by atoms with E-state index in [2.05, 4.69) is 22.2 Å². The van der Waals surface area contributed by atoms with E-state index in [1.54, 1.807) is 49.5 Å². The van der Waals surface area contributed by atoms with E-state index in [4.69, 9.17) is 24.6 Å². The minimum absolute atomic E-state index is 0.00368. The number of benzene rings is 2. The molecule has 4 rings (SSSR count). The molecule has 2 heterocycles. The molecule has 2 aromatic carbocycles. The molecule has 2 amide bonds. The molecule has 248 valence electrons. The van der Waals surface area contributed by atoms with E-state index < -0.39 is 18.2 Å². The summed E-state index contributed by atoms with van der Waals surface area (Å²) in [5, 5.41) is 10.7. The molecular weight excluding hydrogens is 600 g/mol. The molecule has 0 unspecified atom stereocenters. The molecule has 0 aliphatic carbocycles. The fraction of sp³-hybridized carbons (Fsp3) is 0.371. The van der Waals surface area contributed by atoms with Crippen LogP contribution in [0.2, 0.25) is 0 Å². The van der Waals surface area contributed by atoms with Crippen LogP contribution in [0.1, 0.15) is 68.5 Å². The number of amidine groups is 1. The number of rotatable bonds is 15. The molecule has 47 heavy (non-hydrogen) atoms. The van der Waals surface area contributed by atoms with Gasteiger partial charge in [0.05, 0.1) is 30.7 Å². The highest BCUT2D eigenvalue weighted by Crippen LogP contribution is 2.27. The molecule has 4 aromatic rings. The van der Waals surface area contributed by atoms with Crippen LogP contribution in [0.3, 0.4) is 0 Å². The Morgan fingerprint density at radius 1 is 0.957 bits per heavy atom. The minimum Gasteiger partial charge on any atom is -0.466 e. The number of nitrogens with zero attached hydrogens (tertiary/aromatic N) is 3. The topological polar surface area (TPSA) is 160 Å². The van der Waals surface area contributed by atoms with E-state index in [0.29, 0.717) is 47.7 Å². The zero-order valence-corrected chi connectivity index (χ0v) is 27.1. The predicted molar refractivity (Wildman–Crippen MR) is 179 cm³/mol. The molecule has 0 spiro atoms. The Kier molecular flexibility index (Phi) is 12.8. The lowest BCUT2D eigenvalue weighted by molar-refractivity contribution is -0.142. The van der Waals surface area contributed by atoms with Crippen molar-refractivity contribution in [3.63, 3.8) is 0 Å². The Morgan fingerprint density at radius 3 is 2.49 bits per heavy atom. The van der Waals surface area contributed by atoms with Gasteiger partial charge in [-0.05, 0) is 56.5 Å². The van der Waals surface area contributed by atoms with Crippen molar-refractivity contribution in [1.29, 1.82) is 5.41 Å². The molecule has 2 aromatic heterocycles. The first kappa shape index (κ1) is 34.6. The van der Waals surface area contributed by atoms with Gasteiger partial charge in [0.1, 0.15) is 23.2 Å². The number of carbonyl (C=O) groups is 3. The molecular formula is C35H42N6O6. The van der Waals surface area contributed by atoms with E-state index in [-0.39, 0.29) is 25.4 Å². The van der Waals surface area contributed by atoms with Gasteiger partial charge in [-0.15, -0.1) is 0 Å². The van der Waals surface area contributed by atoms with Crippen molar-refractivity contribution in [3.8, 4) is 5.75 Å². The van der Waals surface area contributed by atoms with E-state index in [1.165, 1.54) is 4.90 Å². The van der Waals surface area contributed by atoms with Crippen molar-refractivity contribution in [2.75, 3.05) is 24.7 Å². The van der Waals surface area contributed by atoms with Crippen LogP contribution < -0.4 is 15.0 Å². The lowest BCUT2D eigenvalue weighted by Crippen LogP contribution is -2.36. The standard InChI is InChI=1S/C35H42N6O6/c1-4-6-7-10-23-46-34(43)40-33(36)26-15-12-25(13-16-26)14-19-29-38-27-17-18-28(24(3)32(27)39-29)47-35(44)41(22-20-31(42)45-5-2)30-11-8-9-21-37-30/h8-9,11-13,15-18,21H,4-7,10,14,19-20,22-23H2,1-3H3,(H,38,39)(H2,36,40,43). The van der Waals surface area contributed by atoms with E-state index in [9.17, 15) is 14.4 Å². The third-order valence-electron chi connectivity index (χ3n) is 7.45. The number of hydrogen-bond acceptors (Lipinski definition) is 9. The van der Waals surface area contributed by atoms with Gasteiger partial charge in [0.2, 0.25) is 0 Å². The Hall–Kier alpha value is -5.26. The summed E-state index contributed by atoms with van der Waals surface area (Å²) in [6.45, 7) is 6.33. The lowest BCUT2D eigenvalue weighted by atomic mass is 10.1. The van der Waals surface area contributed by atoms with Crippen LogP contribution >= 0.6 is 0 Å². The number of carbonyl (C=O) groups excluding carboxylic acids is 3. The number of anilines is 1. The number of unbranched alkanes of at least 4 members (excludes halogenated alkanes) is 3. The third kappa shape index (κ3) is 10.1. The quantitative estimate of drug-likeness (QED) is 0.0563. The number of esters is 1. The van der Waals surface area contributed by atoms with Crippen molar-refractivity contribution >= 4 is 40.8 Å². The summed E-state index contributed by atoms with van der Waals surface area (Å²) in [6.07, 6.45) is 5.64. The van der Waals surface area contributed by atoms with Gasteiger partial charge < -0.3 is 19.2 Å². The number of imidazole rings is 1. The molecule has 0 fully saturated rings. The van der Waals surface area contributed by atoms with E-state index in [1.807, 2.05) is 25.1 Å². The summed E-state index contributed by atoms with van der Waals surface area (Å²) in [7, 11) is 0.